The Balaban J connectivity index is 0.00000274. The highest BCUT2D eigenvalue weighted by atomic mass is 35.5. The summed E-state index contributed by atoms with van der Waals surface area (Å²) in [5.41, 5.74) is 0.0881. The lowest BCUT2D eigenvalue weighted by molar-refractivity contribution is -0.137. The van der Waals surface area contributed by atoms with E-state index >= 15 is 0 Å². The largest absolute Gasteiger partial charge is 0.416 e. The van der Waals surface area contributed by atoms with E-state index in [2.05, 4.69) is 15.0 Å². The van der Waals surface area contributed by atoms with E-state index in [0.29, 0.717) is 24.4 Å². The number of H-pyrrole nitrogens is 1. The van der Waals surface area contributed by atoms with Crippen LogP contribution in [0.15, 0.2) is 64.2 Å². The number of aromatic amines is 1. The topological polar surface area (TPSA) is 71.0 Å². The average Bonchev–Trinajstić information content (AvgIpc) is 3.36. The molecule has 1 saturated carbocycles. The van der Waals surface area contributed by atoms with Gasteiger partial charge in [-0.2, -0.15) is 18.3 Å². The normalized spacial score (nSPS) is 21.7. The molecule has 2 aliphatic rings. The van der Waals surface area contributed by atoms with Crippen molar-refractivity contribution in [2.75, 3.05) is 19.6 Å². The van der Waals surface area contributed by atoms with Crippen molar-refractivity contribution in [2.45, 2.75) is 31.0 Å². The maximum Gasteiger partial charge on any atom is 0.416 e. The number of aromatic nitrogens is 3. The Morgan fingerprint density at radius 3 is 2.41 bits per heavy atom. The number of nitrogens with zero attached hydrogens (tertiary/aromatic N) is 3. The second-order valence-corrected chi connectivity index (χ2v) is 8.92. The van der Waals surface area contributed by atoms with Crippen molar-refractivity contribution in [3.8, 4) is 11.3 Å². The minimum Gasteiger partial charge on any atom is -0.302 e. The minimum atomic E-state index is -4.32. The first-order valence-electron chi connectivity index (χ1n) is 10.9. The van der Waals surface area contributed by atoms with Crippen molar-refractivity contribution in [1.82, 2.24) is 19.7 Å². The van der Waals surface area contributed by atoms with Crippen LogP contribution < -0.4 is 11.2 Å². The van der Waals surface area contributed by atoms with Crippen LogP contribution in [0, 0.1) is 5.92 Å². The second-order valence-electron chi connectivity index (χ2n) is 8.92. The summed E-state index contributed by atoms with van der Waals surface area (Å²) in [5, 5.41) is 4.27. The summed E-state index contributed by atoms with van der Waals surface area (Å²) < 4.78 is 39.9. The number of hydrogen-bond acceptors (Lipinski definition) is 4. The van der Waals surface area contributed by atoms with Crippen LogP contribution in [0.1, 0.15) is 24.0 Å². The summed E-state index contributed by atoms with van der Waals surface area (Å²) in [4.78, 5) is 29.0. The molecular formula is C24H24ClF3N4O2. The van der Waals surface area contributed by atoms with Gasteiger partial charge in [0.1, 0.15) is 0 Å². The van der Waals surface area contributed by atoms with E-state index in [9.17, 15) is 22.8 Å². The first-order chi connectivity index (χ1) is 15.8. The Labute approximate surface area is 199 Å². The van der Waals surface area contributed by atoms with E-state index in [-0.39, 0.29) is 23.5 Å². The van der Waals surface area contributed by atoms with Gasteiger partial charge in [-0.05, 0) is 43.0 Å². The third-order valence-electron chi connectivity index (χ3n) is 6.79. The second kappa shape index (κ2) is 9.03. The molecule has 1 aliphatic heterocycles. The molecule has 34 heavy (non-hydrogen) atoms. The molecule has 2 fully saturated rings. The van der Waals surface area contributed by atoms with Crippen molar-refractivity contribution >= 4 is 12.4 Å². The molecule has 3 aromatic rings. The number of halogens is 4. The molecule has 2 heterocycles. The highest BCUT2D eigenvalue weighted by Gasteiger charge is 2.60. The number of alkyl halides is 3. The Morgan fingerprint density at radius 2 is 1.74 bits per heavy atom. The maximum atomic E-state index is 12.9. The van der Waals surface area contributed by atoms with Gasteiger partial charge in [-0.15, -0.1) is 12.4 Å². The van der Waals surface area contributed by atoms with Gasteiger partial charge in [0.2, 0.25) is 0 Å². The summed E-state index contributed by atoms with van der Waals surface area (Å²) in [6.45, 7) is 2.80. The highest BCUT2D eigenvalue weighted by Crippen LogP contribution is 2.59. The molecule has 6 nitrogen and oxygen atoms in total. The van der Waals surface area contributed by atoms with Gasteiger partial charge in [0.25, 0.3) is 5.56 Å². The van der Waals surface area contributed by atoms with Crippen LogP contribution in [0.4, 0.5) is 13.2 Å². The van der Waals surface area contributed by atoms with E-state index in [1.54, 1.807) is 36.4 Å². The van der Waals surface area contributed by atoms with Crippen molar-refractivity contribution in [1.29, 1.82) is 0 Å². The fourth-order valence-corrected chi connectivity index (χ4v) is 5.01. The van der Waals surface area contributed by atoms with Crippen LogP contribution in [-0.4, -0.2) is 39.3 Å². The summed E-state index contributed by atoms with van der Waals surface area (Å²) in [5.74, 6) is 0.452. The number of rotatable bonds is 6. The first-order valence-corrected chi connectivity index (χ1v) is 10.9. The molecule has 1 N–H and O–H groups in total. The van der Waals surface area contributed by atoms with Crippen LogP contribution >= 0.6 is 12.4 Å². The molecule has 0 unspecified atom stereocenters. The number of nitrogens with one attached hydrogen (secondary N) is 1. The zero-order chi connectivity index (χ0) is 23.2. The SMILES string of the molecule is Cl.O=c1[nH]c(=O)n(CCCN2C[C@@H]3C[C@]3(c3ccc(C(F)(F)F)cc3)C2)nc1-c1ccccc1. The zero-order valence-electron chi connectivity index (χ0n) is 18.2. The third-order valence-corrected chi connectivity index (χ3v) is 6.79. The Hall–Kier alpha value is -2.91. The van der Waals surface area contributed by atoms with Crippen molar-refractivity contribution in [2.24, 2.45) is 5.92 Å². The molecule has 5 rings (SSSR count). The van der Waals surface area contributed by atoms with Crippen LogP contribution in [-0.2, 0) is 18.1 Å². The van der Waals surface area contributed by atoms with Gasteiger partial charge in [0, 0.05) is 30.6 Å². The lowest BCUT2D eigenvalue weighted by atomic mass is 9.94. The highest BCUT2D eigenvalue weighted by molar-refractivity contribution is 5.85. The fraction of sp³-hybridized carbons (Fsp3) is 0.375. The smallest absolute Gasteiger partial charge is 0.302 e. The van der Waals surface area contributed by atoms with Gasteiger partial charge in [0.15, 0.2) is 5.69 Å². The minimum absolute atomic E-state index is 0. The Morgan fingerprint density at radius 1 is 1.03 bits per heavy atom. The molecule has 1 aromatic heterocycles. The van der Waals surface area contributed by atoms with E-state index in [1.165, 1.54) is 16.8 Å². The van der Waals surface area contributed by atoms with E-state index in [1.807, 2.05) is 6.07 Å². The number of hydrogen-bond donors (Lipinski definition) is 1. The summed E-state index contributed by atoms with van der Waals surface area (Å²) in [7, 11) is 0. The maximum absolute atomic E-state index is 12.9. The van der Waals surface area contributed by atoms with Crippen molar-refractivity contribution in [3.63, 3.8) is 0 Å². The predicted octanol–water partition coefficient (Wildman–Crippen LogP) is 3.70. The van der Waals surface area contributed by atoms with Crippen LogP contribution in [0.25, 0.3) is 11.3 Å². The van der Waals surface area contributed by atoms with Gasteiger partial charge >= 0.3 is 11.9 Å². The molecule has 0 bridgehead atoms. The monoisotopic (exact) mass is 492 g/mol. The Bertz CT molecular complexity index is 1270. The van der Waals surface area contributed by atoms with Gasteiger partial charge < -0.3 is 4.90 Å². The third kappa shape index (κ3) is 4.54. The van der Waals surface area contributed by atoms with Gasteiger partial charge in [-0.25, -0.2) is 9.48 Å². The number of benzene rings is 2. The number of likely N-dealkylation sites (tertiary alicyclic amines) is 1. The molecule has 2 atom stereocenters. The predicted molar refractivity (Wildman–Crippen MR) is 124 cm³/mol. The van der Waals surface area contributed by atoms with E-state index in [4.69, 9.17) is 0 Å². The van der Waals surface area contributed by atoms with Gasteiger partial charge in [0.05, 0.1) is 5.56 Å². The summed E-state index contributed by atoms with van der Waals surface area (Å²) in [6, 6.07) is 14.5. The molecule has 0 spiro atoms. The lowest BCUT2D eigenvalue weighted by Gasteiger charge is -2.21. The molecular weight excluding hydrogens is 469 g/mol. The number of fused-ring (bicyclic) bond motifs is 1. The van der Waals surface area contributed by atoms with E-state index in [0.717, 1.165) is 31.6 Å². The van der Waals surface area contributed by atoms with Crippen molar-refractivity contribution < 1.29 is 13.2 Å². The molecule has 10 heteroatoms. The van der Waals surface area contributed by atoms with Crippen molar-refractivity contribution in [3.05, 3.63) is 86.6 Å². The first kappa shape index (κ1) is 24.2. The standard InChI is InChI=1S/C24H23F3N4O2.ClH/c25-24(26,27)18-9-7-17(8-10-18)23-13-19(23)14-30(15-23)11-4-12-31-22(33)28-21(32)20(29-31)16-5-2-1-3-6-16;/h1-3,5-10,19H,4,11-15H2,(H,28,32,33);1H/t19-,23+;/m0./s1. The van der Waals surface area contributed by atoms with Gasteiger partial charge in [-0.1, -0.05) is 42.5 Å². The van der Waals surface area contributed by atoms with Crippen LogP contribution in [0.2, 0.25) is 0 Å². The van der Waals surface area contributed by atoms with E-state index < -0.39 is 23.0 Å². The molecule has 1 saturated heterocycles. The summed E-state index contributed by atoms with van der Waals surface area (Å²) >= 11 is 0. The Kier molecular flexibility index (Phi) is 6.44. The number of aryl methyl sites for hydroxylation is 1. The fourth-order valence-electron chi connectivity index (χ4n) is 5.01. The van der Waals surface area contributed by atoms with Crippen LogP contribution in [0.3, 0.4) is 0 Å². The zero-order valence-corrected chi connectivity index (χ0v) is 19.0. The average molecular weight is 493 g/mol. The summed E-state index contributed by atoms with van der Waals surface area (Å²) in [6.07, 6.45) is -2.66. The molecule has 2 aromatic carbocycles. The molecule has 0 radical (unpaired) electrons. The molecule has 1 aliphatic carbocycles. The van der Waals surface area contributed by atoms with Gasteiger partial charge in [-0.3, -0.25) is 9.78 Å². The molecule has 180 valence electrons. The lowest BCUT2D eigenvalue weighted by Crippen LogP contribution is -2.35. The molecule has 0 amide bonds. The quantitative estimate of drug-likeness (QED) is 0.569. The van der Waals surface area contributed by atoms with Crippen LogP contribution in [0.5, 0.6) is 0 Å². The number of piperidine rings is 1.